The summed E-state index contributed by atoms with van der Waals surface area (Å²) in [4.78, 5) is 47.9. The van der Waals surface area contributed by atoms with Crippen molar-refractivity contribution in [1.29, 1.82) is 0 Å². The molecule has 15 heteroatoms. The van der Waals surface area contributed by atoms with E-state index in [2.05, 4.69) is 9.88 Å². The van der Waals surface area contributed by atoms with Crippen LogP contribution in [0.15, 0.2) is 40.3 Å². The normalized spacial score (nSPS) is 17.6. The van der Waals surface area contributed by atoms with E-state index < -0.39 is 20.5 Å². The molecule has 4 heterocycles. The number of aromatic nitrogens is 2. The highest BCUT2D eigenvalue weighted by Gasteiger charge is 2.33. The van der Waals surface area contributed by atoms with Crippen LogP contribution >= 0.6 is 11.3 Å². The van der Waals surface area contributed by atoms with Crippen LogP contribution in [0.2, 0.25) is 0 Å². The summed E-state index contributed by atoms with van der Waals surface area (Å²) in [6.07, 6.45) is 1.30. The summed E-state index contributed by atoms with van der Waals surface area (Å²) in [5, 5.41) is 10.9. The van der Waals surface area contributed by atoms with E-state index in [1.807, 2.05) is 11.9 Å². The number of rotatable bonds is 6. The van der Waals surface area contributed by atoms with Gasteiger partial charge >= 0.3 is 0 Å². The van der Waals surface area contributed by atoms with Crippen molar-refractivity contribution in [2.75, 3.05) is 64.3 Å². The molecule has 0 unspecified atom stereocenters. The van der Waals surface area contributed by atoms with Gasteiger partial charge in [0.15, 0.2) is 0 Å². The van der Waals surface area contributed by atoms with E-state index in [0.717, 1.165) is 17.0 Å². The molecule has 2 saturated heterocycles. The van der Waals surface area contributed by atoms with E-state index in [9.17, 15) is 28.1 Å². The van der Waals surface area contributed by atoms with E-state index >= 15 is 0 Å². The number of nitro benzene ring substituents is 1. The van der Waals surface area contributed by atoms with Crippen LogP contribution in [-0.2, 0) is 21.4 Å². The highest BCUT2D eigenvalue weighted by atomic mass is 32.2. The fourth-order valence-corrected chi connectivity index (χ4v) is 8.03. The highest BCUT2D eigenvalue weighted by molar-refractivity contribution is 7.89. The van der Waals surface area contributed by atoms with E-state index in [4.69, 9.17) is 0 Å². The van der Waals surface area contributed by atoms with Gasteiger partial charge in [-0.2, -0.15) is 4.31 Å². The number of nitro groups is 1. The monoisotopic (exact) mass is 575 g/mol. The van der Waals surface area contributed by atoms with Crippen LogP contribution in [0.3, 0.4) is 0 Å². The number of likely N-dealkylation sites (N-methyl/N-ethyl adjacent to an activating group) is 1. The Morgan fingerprint density at radius 2 is 1.69 bits per heavy atom. The smallest absolute Gasteiger partial charge is 0.269 e. The van der Waals surface area contributed by atoms with Crippen molar-refractivity contribution in [3.05, 3.63) is 55.9 Å². The summed E-state index contributed by atoms with van der Waals surface area (Å²) in [6, 6.07) is 6.28. The SMILES string of the molecule is Cc1sc2ncn(CC(=O)N3CCN(c4ccc([N+](=O)[O-])cc4)CC3)c(=O)c2c1S(=O)(=O)N1CCN(C)CC1. The summed E-state index contributed by atoms with van der Waals surface area (Å²) in [5.74, 6) is -0.267. The number of aryl methyl sites for hydroxylation is 1. The number of fused-ring (bicyclic) bond motifs is 1. The van der Waals surface area contributed by atoms with E-state index in [-0.39, 0.29) is 28.4 Å². The predicted octanol–water partition coefficient (Wildman–Crippen LogP) is 0.960. The first kappa shape index (κ1) is 27.2. The van der Waals surface area contributed by atoms with Gasteiger partial charge in [0.1, 0.15) is 16.3 Å². The molecular weight excluding hydrogens is 546 g/mol. The Labute approximate surface area is 229 Å². The van der Waals surface area contributed by atoms with E-state index in [1.54, 1.807) is 24.0 Å². The zero-order chi connectivity index (χ0) is 27.9. The van der Waals surface area contributed by atoms with Gasteiger partial charge in [-0.3, -0.25) is 24.3 Å². The minimum atomic E-state index is -3.90. The van der Waals surface area contributed by atoms with Gasteiger partial charge < -0.3 is 14.7 Å². The lowest BCUT2D eigenvalue weighted by Gasteiger charge is -2.36. The van der Waals surface area contributed by atoms with Crippen LogP contribution < -0.4 is 10.5 Å². The minimum absolute atomic E-state index is 0.0111. The minimum Gasteiger partial charge on any atom is -0.368 e. The number of anilines is 1. The largest absolute Gasteiger partial charge is 0.368 e. The fourth-order valence-electron chi connectivity index (χ4n) is 4.94. The van der Waals surface area contributed by atoms with Crippen molar-refractivity contribution in [1.82, 2.24) is 23.7 Å². The zero-order valence-corrected chi connectivity index (χ0v) is 23.3. The maximum absolute atomic E-state index is 13.5. The molecule has 0 bridgehead atoms. The molecule has 0 atom stereocenters. The Morgan fingerprint density at radius 3 is 2.31 bits per heavy atom. The van der Waals surface area contributed by atoms with Crippen molar-refractivity contribution in [3.8, 4) is 0 Å². The maximum atomic E-state index is 13.5. The molecule has 2 fully saturated rings. The molecule has 0 aliphatic carbocycles. The molecule has 3 aromatic rings. The molecule has 0 spiro atoms. The number of thiophene rings is 1. The number of piperazine rings is 2. The van der Waals surface area contributed by atoms with Crippen LogP contribution in [0.1, 0.15) is 4.88 Å². The first-order chi connectivity index (χ1) is 18.6. The summed E-state index contributed by atoms with van der Waals surface area (Å²) in [7, 11) is -1.97. The lowest BCUT2D eigenvalue weighted by atomic mass is 10.2. The number of benzene rings is 1. The molecule has 208 valence electrons. The Hall–Kier alpha value is -3.40. The number of amides is 1. The van der Waals surface area contributed by atoms with Gasteiger partial charge in [0, 0.05) is 75.1 Å². The molecule has 1 aromatic carbocycles. The molecule has 2 aliphatic heterocycles. The van der Waals surface area contributed by atoms with Gasteiger partial charge in [-0.25, -0.2) is 13.4 Å². The average molecular weight is 576 g/mol. The average Bonchev–Trinajstić information content (AvgIpc) is 3.28. The number of carbonyl (C=O) groups excluding carboxylic acids is 1. The van der Waals surface area contributed by atoms with Crippen LogP contribution in [-0.4, -0.2) is 102 Å². The first-order valence-electron chi connectivity index (χ1n) is 12.5. The van der Waals surface area contributed by atoms with E-state index in [0.29, 0.717) is 62.1 Å². The Balaban J connectivity index is 1.32. The van der Waals surface area contributed by atoms with Crippen LogP contribution in [0.25, 0.3) is 10.2 Å². The van der Waals surface area contributed by atoms with Gasteiger partial charge in [0.2, 0.25) is 15.9 Å². The molecular formula is C24H29N7O6S2. The predicted molar refractivity (Wildman–Crippen MR) is 147 cm³/mol. The number of hydrogen-bond donors (Lipinski definition) is 0. The lowest BCUT2D eigenvalue weighted by molar-refractivity contribution is -0.384. The molecule has 13 nitrogen and oxygen atoms in total. The van der Waals surface area contributed by atoms with Gasteiger partial charge in [0.25, 0.3) is 11.2 Å². The van der Waals surface area contributed by atoms with Crippen molar-refractivity contribution < 1.29 is 18.1 Å². The summed E-state index contributed by atoms with van der Waals surface area (Å²) in [5.41, 5.74) is 0.305. The number of hydrogen-bond acceptors (Lipinski definition) is 10. The lowest BCUT2D eigenvalue weighted by Crippen LogP contribution is -2.50. The van der Waals surface area contributed by atoms with Crippen molar-refractivity contribution in [2.45, 2.75) is 18.4 Å². The fraction of sp³-hybridized carbons (Fsp3) is 0.458. The molecule has 0 radical (unpaired) electrons. The van der Waals surface area contributed by atoms with Crippen LogP contribution in [0.4, 0.5) is 11.4 Å². The van der Waals surface area contributed by atoms with Gasteiger partial charge in [0.05, 0.1) is 16.6 Å². The Morgan fingerprint density at radius 1 is 1.05 bits per heavy atom. The van der Waals surface area contributed by atoms with Crippen molar-refractivity contribution in [3.63, 3.8) is 0 Å². The summed E-state index contributed by atoms with van der Waals surface area (Å²) in [6.45, 7) is 5.23. The molecule has 0 N–H and O–H groups in total. The van der Waals surface area contributed by atoms with Crippen molar-refractivity contribution in [2.24, 2.45) is 0 Å². The second-order valence-corrected chi connectivity index (χ2v) is 12.8. The topological polar surface area (TPSA) is 142 Å². The summed E-state index contributed by atoms with van der Waals surface area (Å²) < 4.78 is 29.7. The molecule has 5 rings (SSSR count). The number of carbonyl (C=O) groups is 1. The maximum Gasteiger partial charge on any atom is 0.269 e. The summed E-state index contributed by atoms with van der Waals surface area (Å²) >= 11 is 1.16. The third kappa shape index (κ3) is 5.26. The van der Waals surface area contributed by atoms with Crippen LogP contribution in [0, 0.1) is 17.0 Å². The second kappa shape index (κ2) is 10.6. The molecule has 2 aromatic heterocycles. The number of sulfonamides is 1. The van der Waals surface area contributed by atoms with Crippen LogP contribution in [0.5, 0.6) is 0 Å². The number of nitrogens with zero attached hydrogens (tertiary/aromatic N) is 7. The second-order valence-electron chi connectivity index (χ2n) is 9.69. The highest BCUT2D eigenvalue weighted by Crippen LogP contribution is 2.33. The molecule has 39 heavy (non-hydrogen) atoms. The van der Waals surface area contributed by atoms with Gasteiger partial charge in [-0.05, 0) is 26.1 Å². The van der Waals surface area contributed by atoms with Gasteiger partial charge in [-0.1, -0.05) is 0 Å². The molecule has 1 amide bonds. The zero-order valence-electron chi connectivity index (χ0n) is 21.6. The quantitative estimate of drug-likeness (QED) is 0.310. The number of non-ortho nitro benzene ring substituents is 1. The third-order valence-corrected chi connectivity index (χ3v) is 10.4. The van der Waals surface area contributed by atoms with Crippen molar-refractivity contribution >= 4 is 48.9 Å². The van der Waals surface area contributed by atoms with Gasteiger partial charge in [-0.15, -0.1) is 11.3 Å². The Bertz CT molecular complexity index is 1570. The standard InChI is InChI=1S/C24H29N7O6S2/c1-17-22(39(36,37)30-13-7-26(2)8-14-30)21-23(38-17)25-16-29(24(21)33)15-20(32)28-11-9-27(10-12-28)18-3-5-19(6-4-18)31(34)35/h3-6,16H,7-15H2,1-2H3. The van der Waals surface area contributed by atoms with E-state index in [1.165, 1.54) is 27.3 Å². The first-order valence-corrected chi connectivity index (χ1v) is 14.8. The molecule has 2 aliphatic rings. The molecule has 0 saturated carbocycles. The Kier molecular flexibility index (Phi) is 7.41. The third-order valence-electron chi connectivity index (χ3n) is 7.22.